The van der Waals surface area contributed by atoms with E-state index in [1.807, 2.05) is 57.2 Å². The number of nitrogens with one attached hydrogen (secondary N) is 1. The summed E-state index contributed by atoms with van der Waals surface area (Å²) in [5, 5.41) is 0. The Morgan fingerprint density at radius 1 is 1.00 bits per heavy atom. The van der Waals surface area contributed by atoms with Crippen molar-refractivity contribution >= 4 is 23.0 Å². The maximum atomic E-state index is 12.7. The number of rotatable bonds is 5. The average molecular weight is 467 g/mol. The minimum atomic E-state index is -0.545. The van der Waals surface area contributed by atoms with Crippen LogP contribution in [0.1, 0.15) is 20.8 Å². The second kappa shape index (κ2) is 9.62. The van der Waals surface area contributed by atoms with Crippen LogP contribution in [0.25, 0.3) is 22.4 Å². The molecule has 1 fully saturated rings. The van der Waals surface area contributed by atoms with E-state index in [9.17, 15) is 9.59 Å². The van der Waals surface area contributed by atoms with Crippen LogP contribution in [-0.2, 0) is 9.53 Å². The van der Waals surface area contributed by atoms with Crippen molar-refractivity contribution in [1.29, 1.82) is 0 Å². The van der Waals surface area contributed by atoms with E-state index < -0.39 is 5.60 Å². The molecule has 0 aliphatic carbocycles. The van der Waals surface area contributed by atoms with E-state index in [0.717, 1.165) is 22.4 Å². The van der Waals surface area contributed by atoms with Crippen molar-refractivity contribution in [2.75, 3.05) is 39.9 Å². The van der Waals surface area contributed by atoms with Crippen LogP contribution in [0.3, 0.4) is 0 Å². The number of ether oxygens (including phenoxy) is 3. The normalized spacial score (nSPS) is 14.2. The van der Waals surface area contributed by atoms with E-state index in [1.54, 1.807) is 23.0 Å². The van der Waals surface area contributed by atoms with Gasteiger partial charge in [0, 0.05) is 31.7 Å². The van der Waals surface area contributed by atoms with Crippen LogP contribution in [-0.4, -0.2) is 77.3 Å². The van der Waals surface area contributed by atoms with Crippen molar-refractivity contribution in [2.24, 2.45) is 0 Å². The second-order valence-electron chi connectivity index (χ2n) is 9.11. The Kier molecular flexibility index (Phi) is 6.63. The van der Waals surface area contributed by atoms with Crippen molar-refractivity contribution < 1.29 is 23.8 Å². The number of H-pyrrole nitrogens is 1. The summed E-state index contributed by atoms with van der Waals surface area (Å²) in [6, 6.07) is 13.3. The van der Waals surface area contributed by atoms with E-state index in [-0.39, 0.29) is 18.6 Å². The lowest BCUT2D eigenvalue weighted by molar-refractivity contribution is -0.135. The zero-order chi connectivity index (χ0) is 24.3. The maximum Gasteiger partial charge on any atom is 0.410 e. The lowest BCUT2D eigenvalue weighted by Crippen LogP contribution is -2.52. The van der Waals surface area contributed by atoms with Gasteiger partial charge in [-0.3, -0.25) is 4.79 Å². The number of carbonyl (C=O) groups is 2. The highest BCUT2D eigenvalue weighted by Crippen LogP contribution is 2.32. The van der Waals surface area contributed by atoms with Gasteiger partial charge >= 0.3 is 6.09 Å². The van der Waals surface area contributed by atoms with E-state index in [0.29, 0.717) is 37.7 Å². The highest BCUT2D eigenvalue weighted by atomic mass is 16.6. The number of carbonyl (C=O) groups excluding carboxylic acids is 2. The molecule has 4 rings (SSSR count). The summed E-state index contributed by atoms with van der Waals surface area (Å²) in [7, 11) is 1.56. The Balaban J connectivity index is 1.34. The number of nitrogens with zero attached hydrogens (tertiary/aromatic N) is 3. The lowest BCUT2D eigenvalue weighted by Gasteiger charge is -2.35. The molecule has 0 spiro atoms. The molecule has 1 aliphatic rings. The number of amides is 2. The third kappa shape index (κ3) is 5.41. The molecule has 34 heavy (non-hydrogen) atoms. The summed E-state index contributed by atoms with van der Waals surface area (Å²) in [6.45, 7) is 7.10. The Morgan fingerprint density at radius 2 is 1.71 bits per heavy atom. The van der Waals surface area contributed by atoms with Crippen LogP contribution >= 0.6 is 0 Å². The zero-order valence-electron chi connectivity index (χ0n) is 20.0. The minimum absolute atomic E-state index is 0.118. The molecular formula is C25H30N4O5. The van der Waals surface area contributed by atoms with E-state index in [1.165, 1.54) is 0 Å². The summed E-state index contributed by atoms with van der Waals surface area (Å²) in [6.07, 6.45) is -0.356. The van der Waals surface area contributed by atoms with Crippen molar-refractivity contribution in [1.82, 2.24) is 19.8 Å². The SMILES string of the molecule is COc1cc(-c2nc3ccccc3[nH]2)ccc1OCC(=O)N1CCN(C(=O)OC(C)(C)C)CC1. The first-order chi connectivity index (χ1) is 16.2. The Morgan fingerprint density at radius 3 is 2.38 bits per heavy atom. The molecule has 9 nitrogen and oxygen atoms in total. The lowest BCUT2D eigenvalue weighted by atomic mass is 10.2. The molecule has 180 valence electrons. The van der Waals surface area contributed by atoms with Crippen LogP contribution in [0.15, 0.2) is 42.5 Å². The fourth-order valence-electron chi connectivity index (χ4n) is 3.72. The first kappa shape index (κ1) is 23.4. The number of aromatic nitrogens is 2. The monoisotopic (exact) mass is 466 g/mol. The molecule has 9 heteroatoms. The first-order valence-electron chi connectivity index (χ1n) is 11.2. The highest BCUT2D eigenvalue weighted by molar-refractivity contribution is 5.80. The molecule has 1 saturated heterocycles. The van der Waals surface area contributed by atoms with Gasteiger partial charge in [0.15, 0.2) is 18.1 Å². The highest BCUT2D eigenvalue weighted by Gasteiger charge is 2.28. The van der Waals surface area contributed by atoms with Crippen LogP contribution in [0.2, 0.25) is 0 Å². The fourth-order valence-corrected chi connectivity index (χ4v) is 3.72. The van der Waals surface area contributed by atoms with Crippen LogP contribution in [0.5, 0.6) is 11.5 Å². The quantitative estimate of drug-likeness (QED) is 0.616. The third-order valence-electron chi connectivity index (χ3n) is 5.46. The zero-order valence-corrected chi connectivity index (χ0v) is 20.0. The minimum Gasteiger partial charge on any atom is -0.493 e. The predicted octanol–water partition coefficient (Wildman–Crippen LogP) is 3.70. The number of piperazine rings is 1. The number of hydrogen-bond acceptors (Lipinski definition) is 6. The average Bonchev–Trinajstić information content (AvgIpc) is 3.26. The molecule has 3 aromatic rings. The predicted molar refractivity (Wildman–Crippen MR) is 128 cm³/mol. The van der Waals surface area contributed by atoms with E-state index in [4.69, 9.17) is 14.2 Å². The maximum absolute atomic E-state index is 12.7. The summed E-state index contributed by atoms with van der Waals surface area (Å²) in [5.74, 6) is 1.57. The van der Waals surface area contributed by atoms with Gasteiger partial charge < -0.3 is 29.0 Å². The second-order valence-corrected chi connectivity index (χ2v) is 9.11. The third-order valence-corrected chi connectivity index (χ3v) is 5.46. The number of aromatic amines is 1. The standard InChI is InChI=1S/C25H30N4O5/c1-25(2,3)34-24(31)29-13-11-28(12-14-29)22(30)16-33-20-10-9-17(15-21(20)32-4)23-26-18-7-5-6-8-19(18)27-23/h5-10,15H,11-14,16H2,1-4H3,(H,26,27). The van der Waals surface area contributed by atoms with E-state index in [2.05, 4.69) is 9.97 Å². The molecular weight excluding hydrogens is 436 g/mol. The fraction of sp³-hybridized carbons (Fsp3) is 0.400. The van der Waals surface area contributed by atoms with Crippen molar-refractivity contribution in [3.8, 4) is 22.9 Å². The molecule has 2 amide bonds. The Bertz CT molecular complexity index is 1140. The van der Waals surface area contributed by atoms with Crippen molar-refractivity contribution in [3.05, 3.63) is 42.5 Å². The van der Waals surface area contributed by atoms with Gasteiger partial charge in [-0.15, -0.1) is 0 Å². The number of hydrogen-bond donors (Lipinski definition) is 1. The number of benzene rings is 2. The molecule has 0 atom stereocenters. The van der Waals surface area contributed by atoms with Crippen LogP contribution in [0, 0.1) is 0 Å². The largest absolute Gasteiger partial charge is 0.493 e. The molecule has 0 saturated carbocycles. The smallest absolute Gasteiger partial charge is 0.410 e. The molecule has 0 unspecified atom stereocenters. The summed E-state index contributed by atoms with van der Waals surface area (Å²) in [5.41, 5.74) is 2.14. The molecule has 1 aliphatic heterocycles. The molecule has 1 N–H and O–H groups in total. The summed E-state index contributed by atoms with van der Waals surface area (Å²) in [4.78, 5) is 36.1. The van der Waals surface area contributed by atoms with Gasteiger partial charge in [-0.05, 0) is 51.1 Å². The first-order valence-corrected chi connectivity index (χ1v) is 11.2. The van der Waals surface area contributed by atoms with Gasteiger partial charge in [0.25, 0.3) is 5.91 Å². The van der Waals surface area contributed by atoms with Gasteiger partial charge in [0.1, 0.15) is 11.4 Å². The molecule has 2 heterocycles. The van der Waals surface area contributed by atoms with Crippen LogP contribution < -0.4 is 9.47 Å². The van der Waals surface area contributed by atoms with Gasteiger partial charge in [-0.25, -0.2) is 9.78 Å². The number of fused-ring (bicyclic) bond motifs is 1. The molecule has 2 aromatic carbocycles. The van der Waals surface area contributed by atoms with Crippen LogP contribution in [0.4, 0.5) is 4.79 Å². The van der Waals surface area contributed by atoms with Gasteiger partial charge in [0.05, 0.1) is 18.1 Å². The number of imidazole rings is 1. The molecule has 0 bridgehead atoms. The summed E-state index contributed by atoms with van der Waals surface area (Å²) < 4.78 is 16.7. The Labute approximate surface area is 198 Å². The topological polar surface area (TPSA) is 97.0 Å². The number of para-hydroxylation sites is 2. The van der Waals surface area contributed by atoms with E-state index >= 15 is 0 Å². The van der Waals surface area contributed by atoms with Crippen molar-refractivity contribution in [3.63, 3.8) is 0 Å². The van der Waals surface area contributed by atoms with Crippen molar-refractivity contribution in [2.45, 2.75) is 26.4 Å². The summed E-state index contributed by atoms with van der Waals surface area (Å²) >= 11 is 0. The van der Waals surface area contributed by atoms with Gasteiger partial charge in [0.2, 0.25) is 0 Å². The van der Waals surface area contributed by atoms with Gasteiger partial charge in [-0.1, -0.05) is 12.1 Å². The molecule has 0 radical (unpaired) electrons. The van der Waals surface area contributed by atoms with Gasteiger partial charge in [-0.2, -0.15) is 0 Å². The Hall–Kier alpha value is -3.75. The molecule has 1 aromatic heterocycles. The number of methoxy groups -OCH3 is 1.